The summed E-state index contributed by atoms with van der Waals surface area (Å²) < 4.78 is 18.5. The Morgan fingerprint density at radius 2 is 2.23 bits per heavy atom. The minimum atomic E-state index is -0.653. The third-order valence-electron chi connectivity index (χ3n) is 7.23. The summed E-state index contributed by atoms with van der Waals surface area (Å²) in [5, 5.41) is 13.5. The summed E-state index contributed by atoms with van der Waals surface area (Å²) in [5.41, 5.74) is 1.77. The number of ether oxygens (including phenoxy) is 1. The normalized spacial score (nSPS) is 28.0. The van der Waals surface area contributed by atoms with E-state index in [9.17, 15) is 14.4 Å². The van der Waals surface area contributed by atoms with Gasteiger partial charge < -0.3 is 15.0 Å². The van der Waals surface area contributed by atoms with E-state index in [1.54, 1.807) is 6.20 Å². The quantitative estimate of drug-likeness (QED) is 0.802. The van der Waals surface area contributed by atoms with E-state index in [4.69, 9.17) is 4.74 Å². The summed E-state index contributed by atoms with van der Waals surface area (Å²) in [6.45, 7) is 3.95. The summed E-state index contributed by atoms with van der Waals surface area (Å²) in [7, 11) is 0. The Balaban J connectivity index is 1.49. The molecule has 1 saturated carbocycles. The maximum Gasteiger partial charge on any atom is 0.230 e. The van der Waals surface area contributed by atoms with Crippen LogP contribution in [0.25, 0.3) is 0 Å². The van der Waals surface area contributed by atoms with Crippen molar-refractivity contribution >= 4 is 5.91 Å². The summed E-state index contributed by atoms with van der Waals surface area (Å²) >= 11 is 0. The molecule has 7 heteroatoms. The zero-order valence-electron chi connectivity index (χ0n) is 17.7. The number of hydrogen-bond donors (Lipinski definition) is 1. The molecule has 1 aliphatic carbocycles. The minimum absolute atomic E-state index is 0.0733. The average Bonchev–Trinajstić information content (AvgIpc) is 3.22. The van der Waals surface area contributed by atoms with Crippen LogP contribution in [0.15, 0.2) is 12.3 Å². The summed E-state index contributed by atoms with van der Waals surface area (Å²) in [4.78, 5) is 20.0. The molecule has 1 saturated heterocycles. The first kappa shape index (κ1) is 21.2. The monoisotopic (exact) mass is 414 g/mol. The number of pyridine rings is 1. The summed E-state index contributed by atoms with van der Waals surface area (Å²) in [5.74, 6) is -0.271. The van der Waals surface area contributed by atoms with Crippen LogP contribution in [0.5, 0.6) is 0 Å². The van der Waals surface area contributed by atoms with Gasteiger partial charge in [-0.2, -0.15) is 5.26 Å². The Bertz CT molecular complexity index is 820. The van der Waals surface area contributed by atoms with Gasteiger partial charge in [-0.1, -0.05) is 0 Å². The Kier molecular flexibility index (Phi) is 6.35. The third kappa shape index (κ3) is 4.08. The second-order valence-corrected chi connectivity index (χ2v) is 9.06. The molecule has 1 unspecified atom stereocenters. The van der Waals surface area contributed by atoms with Crippen molar-refractivity contribution in [1.29, 1.82) is 5.26 Å². The number of alkyl halides is 1. The lowest BCUT2D eigenvalue weighted by Gasteiger charge is -2.38. The molecule has 3 aliphatic rings. The number of rotatable bonds is 5. The van der Waals surface area contributed by atoms with Gasteiger partial charge in [0.1, 0.15) is 6.67 Å². The molecule has 1 amide bonds. The van der Waals surface area contributed by atoms with E-state index in [1.165, 1.54) is 0 Å². The number of nitrogens with zero attached hydrogens (tertiary/aromatic N) is 3. The lowest BCUT2D eigenvalue weighted by Crippen LogP contribution is -2.49. The van der Waals surface area contributed by atoms with E-state index >= 15 is 0 Å². The van der Waals surface area contributed by atoms with Crippen molar-refractivity contribution in [1.82, 2.24) is 15.2 Å². The molecule has 2 aliphatic heterocycles. The van der Waals surface area contributed by atoms with Gasteiger partial charge in [-0.25, -0.2) is 4.39 Å². The molecule has 0 bridgehead atoms. The van der Waals surface area contributed by atoms with Gasteiger partial charge in [0.25, 0.3) is 0 Å². The molecule has 6 nitrogen and oxygen atoms in total. The number of nitrogens with one attached hydrogen (secondary N) is 1. The van der Waals surface area contributed by atoms with Crippen molar-refractivity contribution < 1.29 is 13.9 Å². The van der Waals surface area contributed by atoms with Crippen LogP contribution in [-0.4, -0.2) is 47.6 Å². The van der Waals surface area contributed by atoms with Crippen molar-refractivity contribution in [2.75, 3.05) is 19.8 Å². The van der Waals surface area contributed by atoms with Gasteiger partial charge in [-0.05, 0) is 50.7 Å². The highest BCUT2D eigenvalue weighted by Crippen LogP contribution is 2.46. The molecule has 4 rings (SSSR count). The van der Waals surface area contributed by atoms with Gasteiger partial charge in [-0.15, -0.1) is 0 Å². The van der Waals surface area contributed by atoms with Crippen LogP contribution in [0.3, 0.4) is 0 Å². The molecule has 2 fully saturated rings. The predicted octanol–water partition coefficient (Wildman–Crippen LogP) is 2.90. The van der Waals surface area contributed by atoms with Crippen molar-refractivity contribution in [3.63, 3.8) is 0 Å². The van der Waals surface area contributed by atoms with E-state index < -0.39 is 12.1 Å². The third-order valence-corrected chi connectivity index (χ3v) is 7.23. The number of nitriles is 1. The highest BCUT2D eigenvalue weighted by Gasteiger charge is 2.51. The SMILES string of the molecule is CC(C#N)[C@]1(C(=O)N2CCc3ncc(CF)cc3C2)CC[C@@H](NC2CCOCC2)C1. The summed E-state index contributed by atoms with van der Waals surface area (Å²) in [6.07, 6.45) is 6.59. The molecule has 0 spiro atoms. The van der Waals surface area contributed by atoms with Crippen LogP contribution < -0.4 is 5.32 Å². The molecular weight excluding hydrogens is 383 g/mol. The first-order chi connectivity index (χ1) is 14.6. The fraction of sp³-hybridized carbons (Fsp3) is 0.696. The smallest absolute Gasteiger partial charge is 0.230 e. The minimum Gasteiger partial charge on any atom is -0.381 e. The van der Waals surface area contributed by atoms with E-state index in [0.29, 0.717) is 37.5 Å². The van der Waals surface area contributed by atoms with Gasteiger partial charge in [0.05, 0.1) is 17.4 Å². The number of amides is 1. The molecule has 1 aromatic heterocycles. The molecular formula is C23H31FN4O2. The highest BCUT2D eigenvalue weighted by molar-refractivity contribution is 5.84. The first-order valence-electron chi connectivity index (χ1n) is 11.1. The lowest BCUT2D eigenvalue weighted by molar-refractivity contribution is -0.145. The number of hydrogen-bond acceptors (Lipinski definition) is 5. The first-order valence-corrected chi connectivity index (χ1v) is 11.1. The zero-order chi connectivity index (χ0) is 21.1. The number of aromatic nitrogens is 1. The van der Waals surface area contributed by atoms with E-state index in [1.807, 2.05) is 17.9 Å². The molecule has 1 aromatic rings. The standard InChI is InChI=1S/C23H31FN4O2/c1-16(13-25)23(6-2-20(11-23)27-19-4-8-30-9-5-19)22(29)28-7-3-21-18(15-28)10-17(12-24)14-26-21/h10,14,16,19-20,27H,2-9,11-12,15H2,1H3/t16?,20-,23+/m1/s1. The second kappa shape index (κ2) is 8.99. The van der Waals surface area contributed by atoms with Gasteiger partial charge in [0.15, 0.2) is 0 Å². The highest BCUT2D eigenvalue weighted by atomic mass is 19.1. The second-order valence-electron chi connectivity index (χ2n) is 9.06. The number of carbonyl (C=O) groups excluding carboxylic acids is 1. The topological polar surface area (TPSA) is 78.2 Å². The maximum absolute atomic E-state index is 13.8. The molecule has 1 N–H and O–H groups in total. The molecule has 0 radical (unpaired) electrons. The van der Waals surface area contributed by atoms with Gasteiger partial charge in [-0.3, -0.25) is 9.78 Å². The Morgan fingerprint density at radius 1 is 1.43 bits per heavy atom. The van der Waals surface area contributed by atoms with Crippen molar-refractivity contribution in [2.45, 2.75) is 70.8 Å². The molecule has 3 atom stereocenters. The van der Waals surface area contributed by atoms with Crippen LogP contribution in [0, 0.1) is 22.7 Å². The van der Waals surface area contributed by atoms with Crippen LogP contribution in [0.4, 0.5) is 4.39 Å². The fourth-order valence-corrected chi connectivity index (χ4v) is 5.35. The van der Waals surface area contributed by atoms with Crippen LogP contribution >= 0.6 is 0 Å². The largest absolute Gasteiger partial charge is 0.381 e. The zero-order valence-corrected chi connectivity index (χ0v) is 17.7. The summed E-state index contributed by atoms with van der Waals surface area (Å²) in [6, 6.07) is 4.88. The maximum atomic E-state index is 13.8. The molecule has 0 aromatic carbocycles. The van der Waals surface area contributed by atoms with Crippen molar-refractivity contribution in [3.05, 3.63) is 29.1 Å². The van der Waals surface area contributed by atoms with E-state index in [0.717, 1.165) is 50.2 Å². The van der Waals surface area contributed by atoms with E-state index in [-0.39, 0.29) is 17.9 Å². The Hall–Kier alpha value is -2.04. The van der Waals surface area contributed by atoms with Gasteiger partial charge >= 0.3 is 0 Å². The van der Waals surface area contributed by atoms with Crippen LogP contribution in [0.1, 0.15) is 55.8 Å². The number of halogens is 1. The predicted molar refractivity (Wildman–Crippen MR) is 110 cm³/mol. The molecule has 30 heavy (non-hydrogen) atoms. The Morgan fingerprint density at radius 3 is 2.97 bits per heavy atom. The van der Waals surface area contributed by atoms with Crippen molar-refractivity contribution in [3.8, 4) is 6.07 Å². The Labute approximate surface area is 177 Å². The fourth-order valence-electron chi connectivity index (χ4n) is 5.35. The van der Waals surface area contributed by atoms with Crippen molar-refractivity contribution in [2.24, 2.45) is 11.3 Å². The van der Waals surface area contributed by atoms with E-state index in [2.05, 4.69) is 16.4 Å². The number of fused-ring (bicyclic) bond motifs is 1. The van der Waals surface area contributed by atoms with Crippen LogP contribution in [0.2, 0.25) is 0 Å². The number of carbonyl (C=O) groups is 1. The van der Waals surface area contributed by atoms with Crippen LogP contribution in [-0.2, 0) is 29.2 Å². The lowest BCUT2D eigenvalue weighted by atomic mass is 9.73. The van der Waals surface area contributed by atoms with Gasteiger partial charge in [0, 0.05) is 62.3 Å². The van der Waals surface area contributed by atoms with Gasteiger partial charge in [0.2, 0.25) is 5.91 Å². The average molecular weight is 415 g/mol. The molecule has 162 valence electrons. The molecule has 3 heterocycles.